The number of anilines is 2. The number of rotatable bonds is 5. The maximum Gasteiger partial charge on any atom is 0.416 e. The van der Waals surface area contributed by atoms with Gasteiger partial charge in [0.15, 0.2) is 0 Å². The maximum atomic E-state index is 13.2. The Kier molecular flexibility index (Phi) is 7.64. The number of fused-ring (bicyclic) bond motifs is 1. The Balaban J connectivity index is 1.25. The highest BCUT2D eigenvalue weighted by molar-refractivity contribution is 5.94. The van der Waals surface area contributed by atoms with Crippen molar-refractivity contribution >= 4 is 28.6 Å². The van der Waals surface area contributed by atoms with E-state index in [-0.39, 0.29) is 11.8 Å². The van der Waals surface area contributed by atoms with E-state index in [1.165, 1.54) is 37.0 Å². The van der Waals surface area contributed by atoms with E-state index in [4.69, 9.17) is 4.98 Å². The molecule has 2 fully saturated rings. The van der Waals surface area contributed by atoms with Crippen molar-refractivity contribution in [1.82, 2.24) is 24.4 Å². The van der Waals surface area contributed by atoms with Gasteiger partial charge in [-0.2, -0.15) is 18.2 Å². The first kappa shape index (κ1) is 28.2. The number of amides is 1. The van der Waals surface area contributed by atoms with Gasteiger partial charge in [-0.25, -0.2) is 4.98 Å². The van der Waals surface area contributed by atoms with Crippen LogP contribution in [0.3, 0.4) is 0 Å². The molecule has 0 unspecified atom stereocenters. The maximum absolute atomic E-state index is 13.2. The Labute approximate surface area is 243 Å². The van der Waals surface area contributed by atoms with E-state index in [0.29, 0.717) is 36.3 Å². The average molecular weight is 577 g/mol. The molecule has 1 amide bonds. The molecule has 1 aliphatic carbocycles. The number of likely N-dealkylation sites (tertiary alicyclic amines) is 1. The number of hydrogen-bond donors (Lipinski definition) is 1. The second-order valence-electron chi connectivity index (χ2n) is 11.6. The average Bonchev–Trinajstić information content (AvgIpc) is 3.35. The number of aromatic nitrogens is 4. The fourth-order valence-electron chi connectivity index (χ4n) is 6.48. The Morgan fingerprint density at radius 1 is 0.929 bits per heavy atom. The predicted octanol–water partition coefficient (Wildman–Crippen LogP) is 7.73. The van der Waals surface area contributed by atoms with Crippen LogP contribution in [0.2, 0.25) is 0 Å². The highest BCUT2D eigenvalue weighted by Gasteiger charge is 2.31. The predicted molar refractivity (Wildman–Crippen MR) is 156 cm³/mol. The molecular weight excluding hydrogens is 541 g/mol. The van der Waals surface area contributed by atoms with Crippen LogP contribution < -0.4 is 5.32 Å². The molecule has 1 aromatic carbocycles. The smallest absolute Gasteiger partial charge is 0.339 e. The van der Waals surface area contributed by atoms with E-state index >= 15 is 0 Å². The molecule has 10 heteroatoms. The number of halogens is 3. The van der Waals surface area contributed by atoms with Crippen LogP contribution in [0.5, 0.6) is 0 Å². The topological polar surface area (TPSA) is 75.9 Å². The van der Waals surface area contributed by atoms with Crippen molar-refractivity contribution in [3.63, 3.8) is 0 Å². The van der Waals surface area contributed by atoms with Gasteiger partial charge in [-0.15, -0.1) is 0 Å². The van der Waals surface area contributed by atoms with Crippen molar-refractivity contribution in [2.24, 2.45) is 0 Å². The van der Waals surface area contributed by atoms with Crippen LogP contribution in [0.25, 0.3) is 11.0 Å². The molecule has 3 aromatic heterocycles. The summed E-state index contributed by atoms with van der Waals surface area (Å²) in [5.74, 6) is 0.681. The number of carbonyl (C=O) groups excluding carboxylic acids is 1. The molecule has 1 saturated heterocycles. The van der Waals surface area contributed by atoms with E-state index in [1.807, 2.05) is 37.1 Å². The quantitative estimate of drug-likeness (QED) is 0.263. The number of nitrogens with one attached hydrogen (secondary N) is 1. The summed E-state index contributed by atoms with van der Waals surface area (Å²) in [6, 6.07) is 8.95. The first-order valence-corrected chi connectivity index (χ1v) is 14.7. The van der Waals surface area contributed by atoms with E-state index in [2.05, 4.69) is 26.0 Å². The lowest BCUT2D eigenvalue weighted by Crippen LogP contribution is -2.38. The molecular formula is C32H35F3N6O. The van der Waals surface area contributed by atoms with Gasteiger partial charge < -0.3 is 14.8 Å². The van der Waals surface area contributed by atoms with Gasteiger partial charge in [-0.05, 0) is 87.4 Å². The molecule has 1 N–H and O–H groups in total. The van der Waals surface area contributed by atoms with Gasteiger partial charge in [0.05, 0.1) is 5.56 Å². The van der Waals surface area contributed by atoms with Crippen molar-refractivity contribution in [2.75, 3.05) is 18.4 Å². The molecule has 1 aliphatic heterocycles. The third kappa shape index (κ3) is 5.84. The Morgan fingerprint density at radius 3 is 2.24 bits per heavy atom. The minimum Gasteiger partial charge on any atom is -0.339 e. The number of benzene rings is 1. The number of aryl methyl sites for hydroxylation is 2. The van der Waals surface area contributed by atoms with Gasteiger partial charge in [-0.3, -0.25) is 9.78 Å². The molecule has 0 spiro atoms. The summed E-state index contributed by atoms with van der Waals surface area (Å²) in [6.45, 7) is 5.16. The standard InChI is InChI=1S/C32H35F3N6O/c1-20-16-23(17-21(2)37-20)30(42)40-14-12-22(13-15-40)28-19-41(26-6-4-3-5-7-26)29-27(28)18-36-31(39-29)38-25-10-8-24(9-11-25)32(33,34)35/h8-11,16-19,22,26H,3-7,12-15H2,1-2H3,(H,36,38,39). The first-order valence-electron chi connectivity index (χ1n) is 14.7. The molecule has 4 aromatic rings. The zero-order valence-corrected chi connectivity index (χ0v) is 23.9. The van der Waals surface area contributed by atoms with Gasteiger partial charge in [-0.1, -0.05) is 19.3 Å². The van der Waals surface area contributed by atoms with Gasteiger partial charge >= 0.3 is 6.18 Å². The van der Waals surface area contributed by atoms with Crippen LogP contribution in [-0.2, 0) is 6.18 Å². The molecule has 1 saturated carbocycles. The fourth-order valence-corrected chi connectivity index (χ4v) is 6.48. The second-order valence-corrected chi connectivity index (χ2v) is 11.6. The number of piperidine rings is 1. The molecule has 0 atom stereocenters. The summed E-state index contributed by atoms with van der Waals surface area (Å²) in [5, 5.41) is 4.09. The van der Waals surface area contributed by atoms with Gasteiger partial charge in [0.1, 0.15) is 5.65 Å². The number of alkyl halides is 3. The van der Waals surface area contributed by atoms with Crippen LogP contribution in [0, 0.1) is 13.8 Å². The molecule has 220 valence electrons. The van der Waals surface area contributed by atoms with Gasteiger partial charge in [0, 0.05) is 59.5 Å². The minimum atomic E-state index is -4.38. The number of pyridine rings is 1. The molecule has 7 nitrogen and oxygen atoms in total. The minimum absolute atomic E-state index is 0.0500. The Morgan fingerprint density at radius 2 is 1.60 bits per heavy atom. The highest BCUT2D eigenvalue weighted by atomic mass is 19.4. The van der Waals surface area contributed by atoms with E-state index in [0.717, 1.165) is 60.2 Å². The summed E-state index contributed by atoms with van der Waals surface area (Å²) < 4.78 is 41.3. The van der Waals surface area contributed by atoms with Crippen LogP contribution in [0.15, 0.2) is 48.8 Å². The Hall–Kier alpha value is -3.95. The van der Waals surface area contributed by atoms with Crippen molar-refractivity contribution < 1.29 is 18.0 Å². The highest BCUT2D eigenvalue weighted by Crippen LogP contribution is 2.39. The summed E-state index contributed by atoms with van der Waals surface area (Å²) in [5.41, 5.74) is 4.23. The number of hydrogen-bond acceptors (Lipinski definition) is 5. The fraction of sp³-hybridized carbons (Fsp3) is 0.438. The third-order valence-corrected chi connectivity index (χ3v) is 8.59. The van der Waals surface area contributed by atoms with Crippen molar-refractivity contribution in [3.05, 3.63) is 76.9 Å². The molecule has 2 aliphatic rings. The molecule has 0 radical (unpaired) electrons. The summed E-state index contributed by atoms with van der Waals surface area (Å²) >= 11 is 0. The van der Waals surface area contributed by atoms with Crippen LogP contribution in [0.4, 0.5) is 24.8 Å². The molecule has 4 heterocycles. The summed E-state index contributed by atoms with van der Waals surface area (Å²) in [6.07, 6.45) is 7.17. The first-order chi connectivity index (χ1) is 20.2. The van der Waals surface area contributed by atoms with E-state index < -0.39 is 11.7 Å². The van der Waals surface area contributed by atoms with E-state index in [9.17, 15) is 18.0 Å². The molecule has 0 bridgehead atoms. The SMILES string of the molecule is Cc1cc(C(=O)N2CCC(c3cn(C4CCCCC4)c4nc(Nc5ccc(C(F)(F)F)cc5)ncc34)CC2)cc(C)n1. The van der Waals surface area contributed by atoms with Crippen LogP contribution >= 0.6 is 0 Å². The van der Waals surface area contributed by atoms with Crippen molar-refractivity contribution in [2.45, 2.75) is 76.9 Å². The third-order valence-electron chi connectivity index (χ3n) is 8.59. The summed E-state index contributed by atoms with van der Waals surface area (Å²) in [4.78, 5) is 29.0. The lowest BCUT2D eigenvalue weighted by molar-refractivity contribution is -0.137. The zero-order valence-electron chi connectivity index (χ0n) is 23.9. The van der Waals surface area contributed by atoms with Crippen LogP contribution in [0.1, 0.15) is 89.8 Å². The Bertz CT molecular complexity index is 1560. The zero-order chi connectivity index (χ0) is 29.4. The van der Waals surface area contributed by atoms with E-state index in [1.54, 1.807) is 0 Å². The van der Waals surface area contributed by atoms with Gasteiger partial charge in [0.25, 0.3) is 5.91 Å². The monoisotopic (exact) mass is 576 g/mol. The number of nitrogens with zero attached hydrogens (tertiary/aromatic N) is 5. The largest absolute Gasteiger partial charge is 0.416 e. The number of carbonyl (C=O) groups is 1. The normalized spacial score (nSPS) is 17.1. The second kappa shape index (κ2) is 11.4. The summed E-state index contributed by atoms with van der Waals surface area (Å²) in [7, 11) is 0. The van der Waals surface area contributed by atoms with Crippen molar-refractivity contribution in [3.8, 4) is 0 Å². The lowest BCUT2D eigenvalue weighted by Gasteiger charge is -2.32. The van der Waals surface area contributed by atoms with Gasteiger partial charge in [0.2, 0.25) is 5.95 Å². The molecule has 6 rings (SSSR count). The van der Waals surface area contributed by atoms with Crippen LogP contribution in [-0.4, -0.2) is 43.4 Å². The molecule has 42 heavy (non-hydrogen) atoms. The lowest BCUT2D eigenvalue weighted by atomic mass is 9.89. The van der Waals surface area contributed by atoms with Crippen molar-refractivity contribution in [1.29, 1.82) is 0 Å².